The van der Waals surface area contributed by atoms with Crippen molar-refractivity contribution >= 4 is 23.1 Å². The summed E-state index contributed by atoms with van der Waals surface area (Å²) in [6.07, 6.45) is 0.930. The van der Waals surface area contributed by atoms with Crippen LogP contribution in [-0.4, -0.2) is 55.8 Å². The van der Waals surface area contributed by atoms with E-state index in [1.807, 2.05) is 0 Å². The number of amides is 1. The fourth-order valence-electron chi connectivity index (χ4n) is 1.29. The lowest BCUT2D eigenvalue weighted by Gasteiger charge is -2.16. The van der Waals surface area contributed by atoms with Crippen LogP contribution in [0, 0.1) is 5.92 Å². The molecule has 0 atom stereocenters. The van der Waals surface area contributed by atoms with Crippen LogP contribution in [0.2, 0.25) is 0 Å². The van der Waals surface area contributed by atoms with E-state index in [4.69, 9.17) is 27.4 Å². The summed E-state index contributed by atoms with van der Waals surface area (Å²) in [6, 6.07) is 0. The summed E-state index contributed by atoms with van der Waals surface area (Å²) in [7, 11) is 1.74. The van der Waals surface area contributed by atoms with Crippen molar-refractivity contribution in [2.24, 2.45) is 11.7 Å². The van der Waals surface area contributed by atoms with Gasteiger partial charge in [-0.1, -0.05) is 26.1 Å². The second-order valence-corrected chi connectivity index (χ2v) is 5.39. The van der Waals surface area contributed by atoms with Gasteiger partial charge in [0.2, 0.25) is 5.91 Å². The molecule has 0 spiro atoms. The lowest BCUT2D eigenvalue weighted by Crippen LogP contribution is -2.30. The van der Waals surface area contributed by atoms with E-state index in [0.717, 1.165) is 6.61 Å². The maximum absolute atomic E-state index is 11.7. The Morgan fingerprint density at radius 2 is 1.84 bits per heavy atom. The number of carbonyl (C=O) groups is 1. The van der Waals surface area contributed by atoms with Crippen molar-refractivity contribution in [2.75, 3.05) is 40.0 Å². The summed E-state index contributed by atoms with van der Waals surface area (Å²) in [5.74, 6) is 0.572. The fourth-order valence-corrected chi connectivity index (χ4v) is 1.38. The molecule has 0 saturated carbocycles. The topological polar surface area (TPSA) is 64.8 Å². The molecule has 112 valence electrons. The van der Waals surface area contributed by atoms with Crippen LogP contribution in [0.4, 0.5) is 0 Å². The molecule has 0 aliphatic rings. The molecule has 0 aromatic heterocycles. The van der Waals surface area contributed by atoms with E-state index >= 15 is 0 Å². The molecule has 0 fully saturated rings. The minimum absolute atomic E-state index is 0.0411. The number of carbonyl (C=O) groups excluding carboxylic acids is 1. The maximum Gasteiger partial charge on any atom is 0.224 e. The fraction of sp³-hybridized carbons (Fsp3) is 0.846. The van der Waals surface area contributed by atoms with Crippen molar-refractivity contribution < 1.29 is 14.3 Å². The second-order valence-electron chi connectivity index (χ2n) is 4.86. The Morgan fingerprint density at radius 3 is 2.42 bits per heavy atom. The summed E-state index contributed by atoms with van der Waals surface area (Å²) >= 11 is 4.77. The molecule has 2 N–H and O–H groups in total. The van der Waals surface area contributed by atoms with Crippen LogP contribution in [0.25, 0.3) is 0 Å². The highest BCUT2D eigenvalue weighted by Crippen LogP contribution is 1.95. The van der Waals surface area contributed by atoms with Gasteiger partial charge >= 0.3 is 0 Å². The van der Waals surface area contributed by atoms with Crippen LogP contribution in [0.5, 0.6) is 0 Å². The smallest absolute Gasteiger partial charge is 0.224 e. The Kier molecular flexibility index (Phi) is 10.7. The normalized spacial score (nSPS) is 10.7. The number of hydrogen-bond acceptors (Lipinski definition) is 4. The molecule has 0 heterocycles. The Hall–Kier alpha value is -0.720. The number of ether oxygens (including phenoxy) is 2. The van der Waals surface area contributed by atoms with E-state index in [1.165, 1.54) is 0 Å². The van der Waals surface area contributed by atoms with E-state index < -0.39 is 0 Å². The minimum Gasteiger partial charge on any atom is -0.393 e. The summed E-state index contributed by atoms with van der Waals surface area (Å²) in [6.45, 7) is 7.02. The van der Waals surface area contributed by atoms with Crippen LogP contribution in [-0.2, 0) is 14.3 Å². The zero-order valence-corrected chi connectivity index (χ0v) is 13.0. The molecular weight excluding hydrogens is 264 g/mol. The molecule has 0 aromatic rings. The Morgan fingerprint density at radius 1 is 1.21 bits per heavy atom. The Balaban J connectivity index is 3.44. The largest absolute Gasteiger partial charge is 0.393 e. The van der Waals surface area contributed by atoms with Gasteiger partial charge in [-0.2, -0.15) is 0 Å². The van der Waals surface area contributed by atoms with Crippen LogP contribution < -0.4 is 5.73 Å². The van der Waals surface area contributed by atoms with Crippen molar-refractivity contribution in [2.45, 2.75) is 26.7 Å². The first kappa shape index (κ1) is 18.3. The van der Waals surface area contributed by atoms with Crippen molar-refractivity contribution in [3.8, 4) is 0 Å². The first-order chi connectivity index (χ1) is 8.93. The van der Waals surface area contributed by atoms with Crippen LogP contribution >= 0.6 is 12.2 Å². The predicted molar refractivity (Wildman–Crippen MR) is 80.1 cm³/mol. The molecule has 6 heteroatoms. The van der Waals surface area contributed by atoms with Gasteiger partial charge < -0.3 is 20.1 Å². The average Bonchev–Trinajstić information content (AvgIpc) is 2.33. The number of nitrogens with two attached hydrogens (primary N) is 1. The van der Waals surface area contributed by atoms with Gasteiger partial charge in [-0.05, 0) is 5.92 Å². The molecule has 0 aromatic carbocycles. The van der Waals surface area contributed by atoms with Crippen LogP contribution in [0.15, 0.2) is 0 Å². The first-order valence-corrected chi connectivity index (χ1v) is 7.02. The Labute approximate surface area is 121 Å². The number of rotatable bonds is 11. The molecule has 5 nitrogen and oxygen atoms in total. The van der Waals surface area contributed by atoms with Crippen molar-refractivity contribution in [1.82, 2.24) is 4.90 Å². The van der Waals surface area contributed by atoms with E-state index in [2.05, 4.69) is 13.8 Å². The van der Waals surface area contributed by atoms with Crippen molar-refractivity contribution in [3.63, 3.8) is 0 Å². The first-order valence-electron chi connectivity index (χ1n) is 6.61. The van der Waals surface area contributed by atoms with Crippen molar-refractivity contribution in [1.29, 1.82) is 0 Å². The molecular formula is C13H26N2O3S. The Bertz CT molecular complexity index is 273. The van der Waals surface area contributed by atoms with Gasteiger partial charge in [-0.25, -0.2) is 0 Å². The minimum atomic E-state index is 0.0411. The molecule has 1 amide bonds. The SMILES string of the molecule is CC(C)COCCOCCC(=O)N(C)CCC(N)=S. The third-order valence-electron chi connectivity index (χ3n) is 2.40. The summed E-state index contributed by atoms with van der Waals surface area (Å²) in [4.78, 5) is 13.7. The highest BCUT2D eigenvalue weighted by atomic mass is 32.1. The molecule has 0 radical (unpaired) electrons. The lowest BCUT2D eigenvalue weighted by atomic mass is 10.2. The van der Waals surface area contributed by atoms with E-state index in [9.17, 15) is 4.79 Å². The summed E-state index contributed by atoms with van der Waals surface area (Å²) in [5, 5.41) is 0. The molecule has 0 unspecified atom stereocenters. The number of nitrogens with zero attached hydrogens (tertiary/aromatic N) is 1. The van der Waals surface area contributed by atoms with Gasteiger partial charge in [0.25, 0.3) is 0 Å². The number of hydrogen-bond donors (Lipinski definition) is 1. The van der Waals surface area contributed by atoms with E-state index in [1.54, 1.807) is 11.9 Å². The van der Waals surface area contributed by atoms with Gasteiger partial charge in [0.05, 0.1) is 31.2 Å². The van der Waals surface area contributed by atoms with Gasteiger partial charge in [0, 0.05) is 26.6 Å². The maximum atomic E-state index is 11.7. The lowest BCUT2D eigenvalue weighted by molar-refractivity contribution is -0.131. The zero-order chi connectivity index (χ0) is 14.7. The highest BCUT2D eigenvalue weighted by Gasteiger charge is 2.08. The zero-order valence-electron chi connectivity index (χ0n) is 12.2. The van der Waals surface area contributed by atoms with Crippen LogP contribution in [0.1, 0.15) is 26.7 Å². The molecule has 0 aliphatic carbocycles. The monoisotopic (exact) mass is 290 g/mol. The van der Waals surface area contributed by atoms with E-state index in [0.29, 0.717) is 50.1 Å². The second kappa shape index (κ2) is 11.1. The van der Waals surface area contributed by atoms with Crippen LogP contribution in [0.3, 0.4) is 0 Å². The van der Waals surface area contributed by atoms with Gasteiger partial charge in [0.15, 0.2) is 0 Å². The highest BCUT2D eigenvalue weighted by molar-refractivity contribution is 7.80. The third-order valence-corrected chi connectivity index (χ3v) is 2.61. The van der Waals surface area contributed by atoms with E-state index in [-0.39, 0.29) is 5.91 Å². The quantitative estimate of drug-likeness (QED) is 0.457. The molecule has 0 aliphatic heterocycles. The van der Waals surface area contributed by atoms with Gasteiger partial charge in [0.1, 0.15) is 0 Å². The molecule has 0 rings (SSSR count). The summed E-state index contributed by atoms with van der Waals surface area (Å²) < 4.78 is 10.7. The van der Waals surface area contributed by atoms with Gasteiger partial charge in [-0.3, -0.25) is 4.79 Å². The summed E-state index contributed by atoms with van der Waals surface area (Å²) in [5.41, 5.74) is 5.39. The predicted octanol–water partition coefficient (Wildman–Crippen LogP) is 1.20. The van der Waals surface area contributed by atoms with Gasteiger partial charge in [-0.15, -0.1) is 0 Å². The third kappa shape index (κ3) is 12.1. The molecule has 19 heavy (non-hydrogen) atoms. The molecule has 0 saturated heterocycles. The average molecular weight is 290 g/mol. The standard InChI is InChI=1S/C13H26N2O3S/c1-11(2)10-18-9-8-17-7-5-13(16)15(3)6-4-12(14)19/h11H,4-10H2,1-3H3,(H2,14,19). The molecule has 0 bridgehead atoms. The number of thiocarbonyl (C=S) groups is 1. The van der Waals surface area contributed by atoms with Crippen molar-refractivity contribution in [3.05, 3.63) is 0 Å².